The lowest BCUT2D eigenvalue weighted by Gasteiger charge is -2.35. The third-order valence-corrected chi connectivity index (χ3v) is 14.4. The van der Waals surface area contributed by atoms with Crippen molar-refractivity contribution in [2.24, 2.45) is 0 Å². The number of anilines is 3. The predicted octanol–water partition coefficient (Wildman–Crippen LogP) is 16.8. The molecule has 0 bridgehead atoms. The Bertz CT molecular complexity index is 3380. The Morgan fingerprint density at radius 3 is 1.27 bits per heavy atom. The van der Waals surface area contributed by atoms with Crippen LogP contribution in [0.4, 0.5) is 17.1 Å². The molecular formula is C66H47N. The van der Waals surface area contributed by atoms with E-state index in [1.807, 2.05) is 12.2 Å². The van der Waals surface area contributed by atoms with E-state index in [0.29, 0.717) is 0 Å². The second kappa shape index (κ2) is 16.2. The van der Waals surface area contributed by atoms with Gasteiger partial charge in [-0.15, -0.1) is 0 Å². The molecule has 0 fully saturated rings. The fraction of sp³-hybridized carbons (Fsp3) is 0.0303. The zero-order valence-electron chi connectivity index (χ0n) is 37.2. The largest absolute Gasteiger partial charge is 0.310 e. The number of hydrogen-bond acceptors (Lipinski definition) is 1. The lowest BCUT2D eigenvalue weighted by atomic mass is 9.67. The minimum atomic E-state index is -0.569. The summed E-state index contributed by atoms with van der Waals surface area (Å²) in [6.07, 6.45) is 3.84. The molecule has 316 valence electrons. The summed E-state index contributed by atoms with van der Waals surface area (Å²) in [7, 11) is 0. The lowest BCUT2D eigenvalue weighted by Crippen LogP contribution is -2.29. The molecule has 0 saturated heterocycles. The highest BCUT2D eigenvalue weighted by atomic mass is 15.1. The van der Waals surface area contributed by atoms with Crippen molar-refractivity contribution >= 4 is 29.2 Å². The minimum Gasteiger partial charge on any atom is -0.310 e. The van der Waals surface area contributed by atoms with Gasteiger partial charge in [-0.1, -0.05) is 244 Å². The fourth-order valence-corrected chi connectivity index (χ4v) is 11.5. The van der Waals surface area contributed by atoms with Crippen LogP contribution < -0.4 is 4.90 Å². The summed E-state index contributed by atoms with van der Waals surface area (Å²) in [5.41, 5.74) is 21.6. The monoisotopic (exact) mass is 853 g/mol. The van der Waals surface area contributed by atoms with Gasteiger partial charge >= 0.3 is 0 Å². The van der Waals surface area contributed by atoms with Crippen LogP contribution in [0.5, 0.6) is 0 Å². The van der Waals surface area contributed by atoms with Crippen molar-refractivity contribution in [3.63, 3.8) is 0 Å². The minimum absolute atomic E-state index is 0.548. The van der Waals surface area contributed by atoms with E-state index >= 15 is 0 Å². The Hall–Kier alpha value is -8.52. The molecule has 10 aromatic carbocycles. The highest BCUT2D eigenvalue weighted by Gasteiger charge is 2.48. The number of nitrogens with zero attached hydrogens (tertiary/aromatic N) is 1. The van der Waals surface area contributed by atoms with Crippen molar-refractivity contribution in [3.8, 4) is 33.4 Å². The van der Waals surface area contributed by atoms with Gasteiger partial charge in [0.15, 0.2) is 0 Å². The summed E-state index contributed by atoms with van der Waals surface area (Å²) in [6, 6.07) is 92.1. The van der Waals surface area contributed by atoms with Crippen molar-refractivity contribution in [1.29, 1.82) is 0 Å². The maximum atomic E-state index is 4.08. The molecule has 12 rings (SSSR count). The molecule has 67 heavy (non-hydrogen) atoms. The quantitative estimate of drug-likeness (QED) is 0.132. The van der Waals surface area contributed by atoms with Gasteiger partial charge in [0, 0.05) is 16.9 Å². The molecule has 1 heteroatoms. The Balaban J connectivity index is 1.14. The van der Waals surface area contributed by atoms with E-state index in [2.05, 4.69) is 267 Å². The molecular weight excluding hydrogens is 807 g/mol. The third kappa shape index (κ3) is 6.09. The standard InChI is InChI=1S/C66H47N/c1-3-46-32-36-51(37-33-46)65(52-38-34-47(4-2)35-39-52)61-30-18-15-28-57(61)59-44-53(41-43-62(59)65)67(64-31-19-16-26-55(64)48-20-8-5-9-21-48)54-40-42-58-56-27-14-17-29-60(56)66(63(58)45-54,49-22-10-6-11-23-49)50-24-12-7-13-25-50/h3-45H,1-2H2. The molecule has 0 heterocycles. The number of fused-ring (bicyclic) bond motifs is 6. The highest BCUT2D eigenvalue weighted by molar-refractivity contribution is 5.95. The summed E-state index contributed by atoms with van der Waals surface area (Å²) in [5.74, 6) is 0. The smallest absolute Gasteiger partial charge is 0.0714 e. The predicted molar refractivity (Wildman–Crippen MR) is 281 cm³/mol. The SMILES string of the molecule is C=Cc1ccc(C2(c3ccc(C=C)cc3)c3ccccc3-c3cc(N(c4ccc5c(c4)C(c4ccccc4)(c4ccccc4)c4ccccc4-5)c4ccccc4-c4ccccc4)ccc32)cc1. The summed E-state index contributed by atoms with van der Waals surface area (Å²) in [5, 5.41) is 0. The fourth-order valence-electron chi connectivity index (χ4n) is 11.5. The molecule has 0 amide bonds. The first kappa shape index (κ1) is 40.0. The van der Waals surface area contributed by atoms with Crippen molar-refractivity contribution < 1.29 is 0 Å². The Morgan fingerprint density at radius 1 is 0.299 bits per heavy atom. The number of hydrogen-bond donors (Lipinski definition) is 0. The first-order valence-corrected chi connectivity index (χ1v) is 23.1. The molecule has 1 nitrogen and oxygen atoms in total. The van der Waals surface area contributed by atoms with Crippen LogP contribution in [0.25, 0.3) is 45.5 Å². The molecule has 0 aliphatic heterocycles. The second-order valence-electron chi connectivity index (χ2n) is 17.7. The van der Waals surface area contributed by atoms with Gasteiger partial charge in [0.1, 0.15) is 0 Å². The average Bonchev–Trinajstić information content (AvgIpc) is 3.87. The molecule has 10 aromatic rings. The van der Waals surface area contributed by atoms with Crippen LogP contribution in [0, 0.1) is 0 Å². The van der Waals surface area contributed by atoms with Gasteiger partial charge in [0.25, 0.3) is 0 Å². The summed E-state index contributed by atoms with van der Waals surface area (Å²) in [4.78, 5) is 2.49. The average molecular weight is 854 g/mol. The van der Waals surface area contributed by atoms with Gasteiger partial charge in [0.2, 0.25) is 0 Å². The van der Waals surface area contributed by atoms with Crippen LogP contribution >= 0.6 is 0 Å². The maximum Gasteiger partial charge on any atom is 0.0714 e. The topological polar surface area (TPSA) is 3.24 Å². The zero-order valence-corrected chi connectivity index (χ0v) is 37.2. The van der Waals surface area contributed by atoms with E-state index < -0.39 is 10.8 Å². The third-order valence-electron chi connectivity index (χ3n) is 14.4. The number of rotatable bonds is 10. The number of para-hydroxylation sites is 1. The van der Waals surface area contributed by atoms with Gasteiger partial charge in [0.05, 0.1) is 16.5 Å². The normalized spacial score (nSPS) is 13.4. The Kier molecular flexibility index (Phi) is 9.66. The van der Waals surface area contributed by atoms with Gasteiger partial charge < -0.3 is 4.90 Å². The summed E-state index contributed by atoms with van der Waals surface area (Å²) < 4.78 is 0. The Morgan fingerprint density at radius 2 is 0.701 bits per heavy atom. The van der Waals surface area contributed by atoms with Crippen LogP contribution in [0.3, 0.4) is 0 Å². The first-order chi connectivity index (χ1) is 33.1. The van der Waals surface area contributed by atoms with E-state index in [9.17, 15) is 0 Å². The van der Waals surface area contributed by atoms with Crippen LogP contribution in [0.1, 0.15) is 55.6 Å². The summed E-state index contributed by atoms with van der Waals surface area (Å²) in [6.45, 7) is 8.16. The van der Waals surface area contributed by atoms with Crippen LogP contribution in [0.2, 0.25) is 0 Å². The van der Waals surface area contributed by atoms with E-state index in [-0.39, 0.29) is 0 Å². The van der Waals surface area contributed by atoms with Crippen LogP contribution in [-0.4, -0.2) is 0 Å². The Labute approximate surface area is 394 Å². The molecule has 0 N–H and O–H groups in total. The van der Waals surface area contributed by atoms with Gasteiger partial charge in [-0.2, -0.15) is 0 Å². The molecule has 2 aliphatic rings. The molecule has 0 unspecified atom stereocenters. The van der Waals surface area contributed by atoms with Gasteiger partial charge in [-0.05, 0) is 114 Å². The molecule has 0 aromatic heterocycles. The first-order valence-electron chi connectivity index (χ1n) is 23.1. The summed E-state index contributed by atoms with van der Waals surface area (Å²) >= 11 is 0. The second-order valence-corrected chi connectivity index (χ2v) is 17.7. The van der Waals surface area contributed by atoms with Crippen molar-refractivity contribution in [2.45, 2.75) is 10.8 Å². The van der Waals surface area contributed by atoms with Crippen LogP contribution in [0.15, 0.2) is 262 Å². The molecule has 2 aliphatic carbocycles. The number of benzene rings is 10. The van der Waals surface area contributed by atoms with E-state index in [1.165, 1.54) is 66.8 Å². The zero-order chi connectivity index (χ0) is 45.0. The molecule has 0 atom stereocenters. The lowest BCUT2D eigenvalue weighted by molar-refractivity contribution is 0.768. The van der Waals surface area contributed by atoms with Crippen molar-refractivity contribution in [3.05, 3.63) is 318 Å². The van der Waals surface area contributed by atoms with Crippen molar-refractivity contribution in [1.82, 2.24) is 0 Å². The molecule has 0 spiro atoms. The van der Waals surface area contributed by atoms with E-state index in [1.54, 1.807) is 0 Å². The van der Waals surface area contributed by atoms with E-state index in [0.717, 1.165) is 39.3 Å². The maximum absolute atomic E-state index is 4.08. The molecule has 0 radical (unpaired) electrons. The van der Waals surface area contributed by atoms with Crippen LogP contribution in [-0.2, 0) is 10.8 Å². The van der Waals surface area contributed by atoms with Gasteiger partial charge in [-0.25, -0.2) is 0 Å². The van der Waals surface area contributed by atoms with Gasteiger partial charge in [-0.3, -0.25) is 0 Å². The highest BCUT2D eigenvalue weighted by Crippen LogP contribution is 2.60. The van der Waals surface area contributed by atoms with E-state index in [4.69, 9.17) is 0 Å². The van der Waals surface area contributed by atoms with Crippen molar-refractivity contribution in [2.75, 3.05) is 4.90 Å². The molecule has 0 saturated carbocycles.